The molecule has 7 nitrogen and oxygen atoms in total. The molecule has 3 rings (SSSR count). The van der Waals surface area contributed by atoms with E-state index < -0.39 is 10.0 Å². The molecular weight excluding hydrogens is 314 g/mol. The van der Waals surface area contributed by atoms with E-state index in [0.717, 1.165) is 5.56 Å². The Morgan fingerprint density at radius 3 is 2.52 bits per heavy atom. The summed E-state index contributed by atoms with van der Waals surface area (Å²) in [5.74, 6) is 0.331. The van der Waals surface area contributed by atoms with Crippen LogP contribution in [-0.4, -0.2) is 18.4 Å². The molecule has 3 aromatic rings. The Bertz CT molecular complexity index is 955. The lowest BCUT2D eigenvalue weighted by Gasteiger charge is -2.11. The molecule has 1 heterocycles. The molecule has 2 aromatic carbocycles. The average Bonchev–Trinajstić information content (AvgIpc) is 2.54. The van der Waals surface area contributed by atoms with E-state index in [4.69, 9.17) is 5.73 Å². The van der Waals surface area contributed by atoms with Gasteiger partial charge in [-0.1, -0.05) is 23.8 Å². The van der Waals surface area contributed by atoms with Gasteiger partial charge in [-0.2, -0.15) is 0 Å². The predicted octanol–water partition coefficient (Wildman–Crippen LogP) is 1.83. The van der Waals surface area contributed by atoms with Gasteiger partial charge in [-0.15, -0.1) is 4.83 Å². The molecule has 0 aliphatic heterocycles. The van der Waals surface area contributed by atoms with Crippen LogP contribution in [0.5, 0.6) is 0 Å². The third kappa shape index (κ3) is 3.08. The molecular formula is C15H15N5O2S. The average molecular weight is 329 g/mol. The van der Waals surface area contributed by atoms with Crippen LogP contribution < -0.4 is 16.0 Å². The second kappa shape index (κ2) is 5.82. The number of fused-ring (bicyclic) bond motifs is 1. The van der Waals surface area contributed by atoms with Crippen molar-refractivity contribution in [2.75, 3.05) is 11.2 Å². The molecule has 0 bridgehead atoms. The number of nitrogens with one attached hydrogen (secondary N) is 2. The van der Waals surface area contributed by atoms with Gasteiger partial charge in [-0.25, -0.2) is 18.4 Å². The summed E-state index contributed by atoms with van der Waals surface area (Å²) in [6.45, 7) is 1.89. The summed E-state index contributed by atoms with van der Waals surface area (Å²) in [6.07, 6.45) is 1.32. The zero-order valence-corrected chi connectivity index (χ0v) is 13.1. The minimum atomic E-state index is -3.71. The Labute approximate surface area is 133 Å². The minimum absolute atomic E-state index is 0.161. The molecule has 0 spiro atoms. The monoisotopic (exact) mass is 329 g/mol. The summed E-state index contributed by atoms with van der Waals surface area (Å²) >= 11 is 0. The lowest BCUT2D eigenvalue weighted by molar-refractivity contribution is 0.587. The van der Waals surface area contributed by atoms with Crippen molar-refractivity contribution >= 4 is 32.4 Å². The first-order chi connectivity index (χ1) is 11.0. The minimum Gasteiger partial charge on any atom is -0.397 e. The number of sulfonamides is 1. The molecule has 0 unspecified atom stereocenters. The first kappa shape index (κ1) is 15.2. The number of aromatic nitrogens is 2. The molecule has 0 amide bonds. The zero-order chi connectivity index (χ0) is 16.4. The van der Waals surface area contributed by atoms with E-state index in [1.807, 2.05) is 6.92 Å². The number of hydrogen-bond donors (Lipinski definition) is 3. The van der Waals surface area contributed by atoms with E-state index in [0.29, 0.717) is 22.4 Å². The van der Waals surface area contributed by atoms with Crippen molar-refractivity contribution in [3.05, 3.63) is 54.4 Å². The third-order valence-corrected chi connectivity index (χ3v) is 4.59. The van der Waals surface area contributed by atoms with Gasteiger partial charge < -0.3 is 5.73 Å². The first-order valence-electron chi connectivity index (χ1n) is 6.81. The third-order valence-electron chi connectivity index (χ3n) is 3.33. The number of hydrogen-bond acceptors (Lipinski definition) is 6. The van der Waals surface area contributed by atoms with Crippen molar-refractivity contribution in [3.63, 3.8) is 0 Å². The summed E-state index contributed by atoms with van der Waals surface area (Å²) in [5.41, 5.74) is 10.5. The van der Waals surface area contributed by atoms with Gasteiger partial charge >= 0.3 is 0 Å². The number of benzene rings is 2. The number of aryl methyl sites for hydroxylation is 1. The molecule has 0 saturated carbocycles. The Morgan fingerprint density at radius 2 is 1.78 bits per heavy atom. The molecule has 0 radical (unpaired) electrons. The lowest BCUT2D eigenvalue weighted by Crippen LogP contribution is -2.30. The quantitative estimate of drug-likeness (QED) is 0.497. The first-order valence-corrected chi connectivity index (χ1v) is 8.29. The van der Waals surface area contributed by atoms with Crippen LogP contribution in [0.2, 0.25) is 0 Å². The van der Waals surface area contributed by atoms with Crippen LogP contribution in [-0.2, 0) is 10.0 Å². The highest BCUT2D eigenvalue weighted by Gasteiger charge is 2.14. The van der Waals surface area contributed by atoms with E-state index in [9.17, 15) is 8.42 Å². The van der Waals surface area contributed by atoms with Gasteiger partial charge in [0.1, 0.15) is 6.33 Å². The number of nitrogens with two attached hydrogens (primary N) is 1. The van der Waals surface area contributed by atoms with Crippen molar-refractivity contribution < 1.29 is 8.42 Å². The van der Waals surface area contributed by atoms with Crippen LogP contribution in [0, 0.1) is 6.92 Å². The molecule has 118 valence electrons. The van der Waals surface area contributed by atoms with Crippen LogP contribution in [0.25, 0.3) is 10.9 Å². The number of hydrazine groups is 1. The highest BCUT2D eigenvalue weighted by atomic mass is 32.2. The highest BCUT2D eigenvalue weighted by Crippen LogP contribution is 2.23. The Balaban J connectivity index is 1.89. The number of nitrogens with zero attached hydrogens (tertiary/aromatic N) is 2. The van der Waals surface area contributed by atoms with E-state index in [2.05, 4.69) is 20.2 Å². The smallest absolute Gasteiger partial charge is 0.257 e. The van der Waals surface area contributed by atoms with E-state index in [1.54, 1.807) is 30.3 Å². The number of anilines is 2. The maximum atomic E-state index is 12.3. The number of nitrogen functional groups attached to an aromatic ring is 1. The van der Waals surface area contributed by atoms with Crippen LogP contribution in [0.4, 0.5) is 11.5 Å². The van der Waals surface area contributed by atoms with Gasteiger partial charge in [0.15, 0.2) is 5.82 Å². The van der Waals surface area contributed by atoms with Crippen LogP contribution >= 0.6 is 0 Å². The maximum Gasteiger partial charge on any atom is 0.257 e. The largest absolute Gasteiger partial charge is 0.397 e. The Hall–Kier alpha value is -2.71. The van der Waals surface area contributed by atoms with Gasteiger partial charge in [0.2, 0.25) is 0 Å². The fourth-order valence-electron chi connectivity index (χ4n) is 2.10. The Kier molecular flexibility index (Phi) is 3.85. The molecule has 23 heavy (non-hydrogen) atoms. The van der Waals surface area contributed by atoms with Gasteiger partial charge in [0.25, 0.3) is 10.0 Å². The molecule has 1 aromatic heterocycles. The maximum absolute atomic E-state index is 12.3. The summed E-state index contributed by atoms with van der Waals surface area (Å²) in [7, 11) is -3.71. The van der Waals surface area contributed by atoms with Gasteiger partial charge in [-0.05, 0) is 31.2 Å². The molecule has 0 aliphatic rings. The van der Waals surface area contributed by atoms with E-state index >= 15 is 0 Å². The fourth-order valence-corrected chi connectivity index (χ4v) is 2.95. The zero-order valence-electron chi connectivity index (χ0n) is 12.3. The van der Waals surface area contributed by atoms with E-state index in [1.165, 1.54) is 18.5 Å². The molecule has 8 heteroatoms. The summed E-state index contributed by atoms with van der Waals surface area (Å²) in [4.78, 5) is 10.6. The normalized spacial score (nSPS) is 11.5. The van der Waals surface area contributed by atoms with Crippen molar-refractivity contribution in [3.8, 4) is 0 Å². The van der Waals surface area contributed by atoms with Crippen LogP contribution in [0.3, 0.4) is 0 Å². The van der Waals surface area contributed by atoms with Crippen LogP contribution in [0.1, 0.15) is 5.56 Å². The highest BCUT2D eigenvalue weighted by molar-refractivity contribution is 7.89. The predicted molar refractivity (Wildman–Crippen MR) is 89.1 cm³/mol. The van der Waals surface area contributed by atoms with Crippen molar-refractivity contribution in [1.82, 2.24) is 14.8 Å². The molecule has 0 aliphatic carbocycles. The van der Waals surface area contributed by atoms with Crippen molar-refractivity contribution in [1.29, 1.82) is 0 Å². The summed E-state index contributed by atoms with van der Waals surface area (Å²) in [5, 5.41) is 0.624. The summed E-state index contributed by atoms with van der Waals surface area (Å²) in [6, 6.07) is 11.8. The summed E-state index contributed by atoms with van der Waals surface area (Å²) < 4.78 is 24.6. The SMILES string of the molecule is Cc1ccc(S(=O)(=O)NNc2ncnc3c(N)cccc23)cc1. The Morgan fingerprint density at radius 1 is 1.04 bits per heavy atom. The topological polar surface area (TPSA) is 110 Å². The standard InChI is InChI=1S/C15H15N5O2S/c1-10-5-7-11(8-6-10)23(21,22)20-19-15-12-3-2-4-13(16)14(12)17-9-18-15/h2-9,20H,16H2,1H3,(H,17,18,19). The second-order valence-electron chi connectivity index (χ2n) is 5.01. The lowest BCUT2D eigenvalue weighted by atomic mass is 10.2. The second-order valence-corrected chi connectivity index (χ2v) is 6.69. The molecule has 4 N–H and O–H groups in total. The fraction of sp³-hybridized carbons (Fsp3) is 0.0667. The van der Waals surface area contributed by atoms with Crippen molar-refractivity contribution in [2.45, 2.75) is 11.8 Å². The molecule has 0 fully saturated rings. The molecule has 0 saturated heterocycles. The van der Waals surface area contributed by atoms with Gasteiger partial charge in [0, 0.05) is 5.39 Å². The van der Waals surface area contributed by atoms with E-state index in [-0.39, 0.29) is 4.90 Å². The number of rotatable bonds is 4. The van der Waals surface area contributed by atoms with Crippen molar-refractivity contribution in [2.24, 2.45) is 0 Å². The van der Waals surface area contributed by atoms with Gasteiger partial charge in [-0.3, -0.25) is 5.43 Å². The van der Waals surface area contributed by atoms with Gasteiger partial charge in [0.05, 0.1) is 16.1 Å². The number of para-hydroxylation sites is 1. The van der Waals surface area contributed by atoms with Crippen LogP contribution in [0.15, 0.2) is 53.7 Å². The molecule has 0 atom stereocenters.